The summed E-state index contributed by atoms with van der Waals surface area (Å²) in [4.78, 5) is 0.0102. The van der Waals surface area contributed by atoms with Crippen molar-refractivity contribution in [3.8, 4) is 11.6 Å². The number of benzene rings is 1. The van der Waals surface area contributed by atoms with E-state index in [2.05, 4.69) is 9.10 Å². The van der Waals surface area contributed by atoms with Crippen molar-refractivity contribution < 1.29 is 17.9 Å². The summed E-state index contributed by atoms with van der Waals surface area (Å²) >= 11 is 6.92. The smallest absolute Gasteiger partial charge is 0.247 e. The lowest BCUT2D eigenvalue weighted by Gasteiger charge is -2.10. The number of hydrogen-bond acceptors (Lipinski definition) is 6. The Hall–Kier alpha value is -1.35. The lowest BCUT2D eigenvalue weighted by molar-refractivity contribution is 0.390. The number of ether oxygens (including phenoxy) is 2. The third-order valence-electron chi connectivity index (χ3n) is 2.68. The molecule has 0 aliphatic heterocycles. The first-order chi connectivity index (χ1) is 9.97. The highest BCUT2D eigenvalue weighted by atomic mass is 35.5. The summed E-state index contributed by atoms with van der Waals surface area (Å²) in [5, 5.41) is 1.91. The van der Waals surface area contributed by atoms with Gasteiger partial charge >= 0.3 is 0 Å². The molecule has 114 valence electrons. The Morgan fingerprint density at radius 2 is 2.10 bits per heavy atom. The fourth-order valence-electron chi connectivity index (χ4n) is 1.67. The third-order valence-corrected chi connectivity index (χ3v) is 5.08. The van der Waals surface area contributed by atoms with Gasteiger partial charge in [-0.25, -0.2) is 13.1 Å². The van der Waals surface area contributed by atoms with Gasteiger partial charge < -0.3 is 9.47 Å². The standard InChI is InChI=1S/C12H13ClN2O4S2/c1-18-10-4-3-9(13)5-8(10)6-14-21(16,17)11-7-20-15-12(11)19-2/h3-5,7,14H,6H2,1-2H3. The lowest BCUT2D eigenvalue weighted by Crippen LogP contribution is -2.23. The maximum atomic E-state index is 12.2. The van der Waals surface area contributed by atoms with E-state index in [0.29, 0.717) is 16.3 Å². The van der Waals surface area contributed by atoms with Crippen LogP contribution >= 0.6 is 23.1 Å². The number of sulfonamides is 1. The van der Waals surface area contributed by atoms with Crippen LogP contribution in [0.25, 0.3) is 0 Å². The summed E-state index contributed by atoms with van der Waals surface area (Å²) in [6.07, 6.45) is 0. The van der Waals surface area contributed by atoms with E-state index in [1.165, 1.54) is 19.6 Å². The first-order valence-electron chi connectivity index (χ1n) is 5.78. The second-order valence-electron chi connectivity index (χ2n) is 3.97. The van der Waals surface area contributed by atoms with Crippen molar-refractivity contribution in [1.29, 1.82) is 0 Å². The maximum absolute atomic E-state index is 12.2. The normalized spacial score (nSPS) is 11.4. The molecule has 0 saturated carbocycles. The van der Waals surface area contributed by atoms with Crippen LogP contribution in [-0.4, -0.2) is 27.0 Å². The van der Waals surface area contributed by atoms with Gasteiger partial charge in [-0.05, 0) is 29.7 Å². The predicted molar refractivity (Wildman–Crippen MR) is 80.7 cm³/mol. The number of methoxy groups -OCH3 is 2. The van der Waals surface area contributed by atoms with Gasteiger partial charge in [0.15, 0.2) is 4.90 Å². The van der Waals surface area contributed by atoms with Crippen molar-refractivity contribution in [3.63, 3.8) is 0 Å². The molecule has 0 aliphatic rings. The first-order valence-corrected chi connectivity index (χ1v) is 8.48. The van der Waals surface area contributed by atoms with Crippen molar-refractivity contribution in [1.82, 2.24) is 9.10 Å². The van der Waals surface area contributed by atoms with Gasteiger partial charge in [-0.2, -0.15) is 4.37 Å². The zero-order valence-corrected chi connectivity index (χ0v) is 13.7. The largest absolute Gasteiger partial charge is 0.496 e. The highest BCUT2D eigenvalue weighted by Gasteiger charge is 2.22. The molecule has 0 saturated heterocycles. The molecule has 1 aromatic heterocycles. The summed E-state index contributed by atoms with van der Waals surface area (Å²) in [6, 6.07) is 4.99. The molecule has 0 unspecified atom stereocenters. The van der Waals surface area contributed by atoms with Gasteiger partial charge in [0.25, 0.3) is 0 Å². The van der Waals surface area contributed by atoms with Gasteiger partial charge in [-0.3, -0.25) is 0 Å². The highest BCUT2D eigenvalue weighted by Crippen LogP contribution is 2.26. The second-order valence-corrected chi connectivity index (χ2v) is 6.77. The summed E-state index contributed by atoms with van der Waals surface area (Å²) in [5.41, 5.74) is 0.635. The zero-order chi connectivity index (χ0) is 15.5. The molecule has 6 nitrogen and oxygen atoms in total. The van der Waals surface area contributed by atoms with Crippen LogP contribution < -0.4 is 14.2 Å². The molecule has 1 aromatic carbocycles. The van der Waals surface area contributed by atoms with Crippen LogP contribution in [0.2, 0.25) is 5.02 Å². The molecule has 0 amide bonds. The average Bonchev–Trinajstić information content (AvgIpc) is 2.95. The van der Waals surface area contributed by atoms with Gasteiger partial charge in [0.1, 0.15) is 5.75 Å². The molecule has 0 fully saturated rings. The molecule has 9 heteroatoms. The SMILES string of the molecule is COc1ccc(Cl)cc1CNS(=O)(=O)c1csnc1OC. The maximum Gasteiger partial charge on any atom is 0.247 e. The Morgan fingerprint density at radius 3 is 2.76 bits per heavy atom. The van der Waals surface area contributed by atoms with E-state index in [1.54, 1.807) is 18.2 Å². The van der Waals surface area contributed by atoms with Crippen molar-refractivity contribution in [2.75, 3.05) is 14.2 Å². The topological polar surface area (TPSA) is 77.5 Å². The molecular formula is C12H13ClN2O4S2. The molecule has 0 spiro atoms. The molecule has 2 rings (SSSR count). The number of rotatable bonds is 6. The van der Waals surface area contributed by atoms with E-state index in [1.807, 2.05) is 0 Å². The fourth-order valence-corrected chi connectivity index (χ4v) is 3.94. The van der Waals surface area contributed by atoms with Gasteiger partial charge in [0.05, 0.1) is 14.2 Å². The molecule has 0 atom stereocenters. The number of aromatic nitrogens is 1. The van der Waals surface area contributed by atoms with Crippen LogP contribution in [0.4, 0.5) is 0 Å². The highest BCUT2D eigenvalue weighted by molar-refractivity contribution is 7.89. The summed E-state index contributed by atoms with van der Waals surface area (Å²) < 4.78 is 40.9. The fraction of sp³-hybridized carbons (Fsp3) is 0.250. The molecule has 1 N–H and O–H groups in total. The number of nitrogens with one attached hydrogen (secondary N) is 1. The Kier molecular flexibility index (Phi) is 5.04. The van der Waals surface area contributed by atoms with E-state index in [9.17, 15) is 8.42 Å². The number of nitrogens with zero attached hydrogens (tertiary/aromatic N) is 1. The first kappa shape index (κ1) is 16.0. The minimum Gasteiger partial charge on any atom is -0.496 e. The monoisotopic (exact) mass is 348 g/mol. The molecule has 21 heavy (non-hydrogen) atoms. The number of halogens is 1. The lowest BCUT2D eigenvalue weighted by atomic mass is 10.2. The van der Waals surface area contributed by atoms with Gasteiger partial charge in [0.2, 0.25) is 15.9 Å². The minimum atomic E-state index is -3.72. The molecule has 0 bridgehead atoms. The predicted octanol–water partition coefficient (Wildman–Crippen LogP) is 2.29. The molecule has 0 radical (unpaired) electrons. The Bertz CT molecular complexity index is 731. The molecule has 2 aromatic rings. The Morgan fingerprint density at radius 1 is 1.33 bits per heavy atom. The van der Waals surface area contributed by atoms with Gasteiger partial charge in [-0.1, -0.05) is 11.6 Å². The second kappa shape index (κ2) is 6.61. The van der Waals surface area contributed by atoms with E-state index in [4.69, 9.17) is 21.1 Å². The summed E-state index contributed by atoms with van der Waals surface area (Å²) in [6.45, 7) is 0.0467. The van der Waals surface area contributed by atoms with Crippen molar-refractivity contribution in [2.45, 2.75) is 11.4 Å². The van der Waals surface area contributed by atoms with E-state index in [0.717, 1.165) is 11.5 Å². The third kappa shape index (κ3) is 3.65. The quantitative estimate of drug-likeness (QED) is 0.866. The minimum absolute atomic E-state index is 0.0102. The van der Waals surface area contributed by atoms with E-state index >= 15 is 0 Å². The van der Waals surface area contributed by atoms with Crippen molar-refractivity contribution in [2.24, 2.45) is 0 Å². The molecule has 1 heterocycles. The van der Waals surface area contributed by atoms with Crippen molar-refractivity contribution >= 4 is 33.2 Å². The van der Waals surface area contributed by atoms with Crippen LogP contribution in [0, 0.1) is 0 Å². The number of hydrogen-bond donors (Lipinski definition) is 1. The van der Waals surface area contributed by atoms with Crippen LogP contribution in [0.5, 0.6) is 11.6 Å². The van der Waals surface area contributed by atoms with Crippen molar-refractivity contribution in [3.05, 3.63) is 34.2 Å². The summed E-state index contributed by atoms with van der Waals surface area (Å²) in [5.74, 6) is 0.628. The van der Waals surface area contributed by atoms with Crippen LogP contribution in [-0.2, 0) is 16.6 Å². The van der Waals surface area contributed by atoms with E-state index < -0.39 is 10.0 Å². The Labute approximate surface area is 131 Å². The summed E-state index contributed by atoms with van der Waals surface area (Å²) in [7, 11) is -0.845. The van der Waals surface area contributed by atoms with Crippen LogP contribution in [0.15, 0.2) is 28.5 Å². The Balaban J connectivity index is 2.21. The molecule has 0 aliphatic carbocycles. The van der Waals surface area contributed by atoms with Gasteiger partial charge in [0, 0.05) is 22.5 Å². The van der Waals surface area contributed by atoms with E-state index in [-0.39, 0.29) is 17.3 Å². The molecular weight excluding hydrogens is 336 g/mol. The average molecular weight is 349 g/mol. The van der Waals surface area contributed by atoms with Gasteiger partial charge in [-0.15, -0.1) is 0 Å². The zero-order valence-electron chi connectivity index (χ0n) is 11.3. The van der Waals surface area contributed by atoms with Crippen LogP contribution in [0.3, 0.4) is 0 Å². The van der Waals surface area contributed by atoms with Crippen LogP contribution in [0.1, 0.15) is 5.56 Å².